The van der Waals surface area contributed by atoms with Gasteiger partial charge in [-0.3, -0.25) is 9.78 Å². The molecule has 0 amide bonds. The molecule has 0 bridgehead atoms. The van der Waals surface area contributed by atoms with Gasteiger partial charge in [-0.2, -0.15) is 0 Å². The molecule has 3 nitrogen and oxygen atoms in total. The normalized spacial score (nSPS) is 12.4. The lowest BCUT2D eigenvalue weighted by molar-refractivity contribution is -0.117. The van der Waals surface area contributed by atoms with Crippen LogP contribution in [0.25, 0.3) is 10.9 Å². The van der Waals surface area contributed by atoms with Crippen LogP contribution in [0.3, 0.4) is 0 Å². The number of Topliss-reactive ketones (excluding diaryl/α,β-unsaturated/α-hetero) is 2. The topological polar surface area (TPSA) is 47.0 Å². The van der Waals surface area contributed by atoms with Crippen molar-refractivity contribution in [3.8, 4) is 0 Å². The van der Waals surface area contributed by atoms with Crippen molar-refractivity contribution in [1.82, 2.24) is 4.98 Å². The largest absolute Gasteiger partial charge is 0.300 e. The summed E-state index contributed by atoms with van der Waals surface area (Å²) in [7, 11) is 0. The van der Waals surface area contributed by atoms with Gasteiger partial charge in [0.2, 0.25) is 0 Å². The van der Waals surface area contributed by atoms with Gasteiger partial charge >= 0.3 is 0 Å². The second-order valence-corrected chi connectivity index (χ2v) is 5.07. The van der Waals surface area contributed by atoms with Crippen molar-refractivity contribution < 1.29 is 9.59 Å². The number of aromatic nitrogens is 1. The Balaban J connectivity index is 2.48. The van der Waals surface area contributed by atoms with Crippen LogP contribution in [0, 0.1) is 5.92 Å². The van der Waals surface area contributed by atoms with Gasteiger partial charge in [0.25, 0.3) is 0 Å². The van der Waals surface area contributed by atoms with E-state index >= 15 is 0 Å². The first-order valence-electron chi connectivity index (χ1n) is 6.07. The molecule has 0 fully saturated rings. The molecule has 19 heavy (non-hydrogen) atoms. The van der Waals surface area contributed by atoms with E-state index in [4.69, 9.17) is 11.6 Å². The van der Waals surface area contributed by atoms with Crippen LogP contribution in [-0.2, 0) is 4.79 Å². The summed E-state index contributed by atoms with van der Waals surface area (Å²) in [5, 5.41) is 1.32. The minimum atomic E-state index is -0.344. The standard InChI is InChI=1S/C15H14ClNO2/c1-9(8-10(2)18)15(19)12-5-6-13(16)11-4-3-7-17-14(11)12/h3-7,9H,8H2,1-2H3. The smallest absolute Gasteiger partial charge is 0.168 e. The van der Waals surface area contributed by atoms with Gasteiger partial charge in [0.15, 0.2) is 5.78 Å². The van der Waals surface area contributed by atoms with E-state index in [1.54, 1.807) is 31.3 Å². The second kappa shape index (κ2) is 5.49. The van der Waals surface area contributed by atoms with Gasteiger partial charge in [0.05, 0.1) is 10.5 Å². The van der Waals surface area contributed by atoms with E-state index in [1.807, 2.05) is 6.07 Å². The first kappa shape index (κ1) is 13.7. The number of hydrogen-bond donors (Lipinski definition) is 0. The molecule has 0 saturated carbocycles. The number of nitrogens with zero attached hydrogens (tertiary/aromatic N) is 1. The number of fused-ring (bicyclic) bond motifs is 1. The average molecular weight is 276 g/mol. The Morgan fingerprint density at radius 3 is 2.74 bits per heavy atom. The summed E-state index contributed by atoms with van der Waals surface area (Å²) in [6, 6.07) is 6.98. The number of ketones is 2. The van der Waals surface area contributed by atoms with Crippen molar-refractivity contribution in [3.63, 3.8) is 0 Å². The Morgan fingerprint density at radius 1 is 1.32 bits per heavy atom. The molecule has 98 valence electrons. The molecule has 0 aliphatic rings. The maximum absolute atomic E-state index is 12.4. The van der Waals surface area contributed by atoms with E-state index < -0.39 is 0 Å². The number of halogens is 1. The molecule has 0 spiro atoms. The predicted octanol–water partition coefficient (Wildman–Crippen LogP) is 3.69. The number of hydrogen-bond acceptors (Lipinski definition) is 3. The van der Waals surface area contributed by atoms with Crippen LogP contribution in [0.1, 0.15) is 30.6 Å². The molecule has 1 aromatic carbocycles. The zero-order chi connectivity index (χ0) is 14.0. The van der Waals surface area contributed by atoms with Crippen molar-refractivity contribution in [2.75, 3.05) is 0 Å². The molecule has 1 atom stereocenters. The molecule has 1 heterocycles. The zero-order valence-electron chi connectivity index (χ0n) is 10.8. The highest BCUT2D eigenvalue weighted by atomic mass is 35.5. The lowest BCUT2D eigenvalue weighted by Crippen LogP contribution is -2.15. The molecule has 0 radical (unpaired) electrons. The molecule has 2 rings (SSSR count). The monoisotopic (exact) mass is 275 g/mol. The maximum atomic E-state index is 12.4. The van der Waals surface area contributed by atoms with E-state index in [0.29, 0.717) is 16.1 Å². The van der Waals surface area contributed by atoms with E-state index in [2.05, 4.69) is 4.98 Å². The molecular formula is C15H14ClNO2. The maximum Gasteiger partial charge on any atom is 0.168 e. The Kier molecular flexibility index (Phi) is 3.96. The Hall–Kier alpha value is -1.74. The molecule has 0 aliphatic carbocycles. The van der Waals surface area contributed by atoms with Gasteiger partial charge in [0.1, 0.15) is 5.78 Å². The number of carbonyl (C=O) groups excluding carboxylic acids is 2. The summed E-state index contributed by atoms with van der Waals surface area (Å²) in [5.41, 5.74) is 1.11. The van der Waals surface area contributed by atoms with Gasteiger partial charge in [0, 0.05) is 29.5 Å². The van der Waals surface area contributed by atoms with E-state index in [9.17, 15) is 9.59 Å². The molecular weight excluding hydrogens is 262 g/mol. The SMILES string of the molecule is CC(=O)CC(C)C(=O)c1ccc(Cl)c2cccnc12. The van der Waals surface area contributed by atoms with E-state index in [1.165, 1.54) is 6.92 Å². The minimum absolute atomic E-state index is 0.00655. The molecule has 0 aliphatic heterocycles. The minimum Gasteiger partial charge on any atom is -0.300 e. The van der Waals surface area contributed by atoms with Crippen molar-refractivity contribution in [3.05, 3.63) is 41.0 Å². The second-order valence-electron chi connectivity index (χ2n) is 4.67. The first-order valence-corrected chi connectivity index (χ1v) is 6.45. The third-order valence-corrected chi connectivity index (χ3v) is 3.35. The van der Waals surface area contributed by atoms with E-state index in [-0.39, 0.29) is 23.9 Å². The number of rotatable bonds is 4. The Labute approximate surface area is 116 Å². The lowest BCUT2D eigenvalue weighted by Gasteiger charge is -2.11. The highest BCUT2D eigenvalue weighted by Gasteiger charge is 2.20. The van der Waals surface area contributed by atoms with Gasteiger partial charge in [-0.25, -0.2) is 0 Å². The Morgan fingerprint density at radius 2 is 2.05 bits per heavy atom. The van der Waals surface area contributed by atoms with Crippen LogP contribution in [0.4, 0.5) is 0 Å². The van der Waals surface area contributed by atoms with Gasteiger partial charge in [-0.15, -0.1) is 0 Å². The molecule has 0 saturated heterocycles. The summed E-state index contributed by atoms with van der Waals surface area (Å²) in [6.07, 6.45) is 1.88. The summed E-state index contributed by atoms with van der Waals surface area (Å²) in [4.78, 5) is 27.7. The van der Waals surface area contributed by atoms with Crippen molar-refractivity contribution in [2.45, 2.75) is 20.3 Å². The van der Waals surface area contributed by atoms with Crippen molar-refractivity contribution >= 4 is 34.1 Å². The average Bonchev–Trinajstić information content (AvgIpc) is 2.38. The quantitative estimate of drug-likeness (QED) is 0.800. The lowest BCUT2D eigenvalue weighted by atomic mass is 9.93. The third-order valence-electron chi connectivity index (χ3n) is 3.02. The molecule has 4 heteroatoms. The summed E-state index contributed by atoms with van der Waals surface area (Å²) < 4.78 is 0. The first-order chi connectivity index (χ1) is 9.00. The van der Waals surface area contributed by atoms with Crippen LogP contribution < -0.4 is 0 Å². The third kappa shape index (κ3) is 2.82. The zero-order valence-corrected chi connectivity index (χ0v) is 11.6. The number of pyridine rings is 1. The van der Waals surface area contributed by atoms with Crippen molar-refractivity contribution in [2.24, 2.45) is 5.92 Å². The fraction of sp³-hybridized carbons (Fsp3) is 0.267. The fourth-order valence-corrected chi connectivity index (χ4v) is 2.34. The summed E-state index contributed by atoms with van der Waals surface area (Å²) in [5.74, 6) is -0.411. The van der Waals surface area contributed by atoms with Crippen molar-refractivity contribution in [1.29, 1.82) is 0 Å². The molecule has 0 N–H and O–H groups in total. The highest BCUT2D eigenvalue weighted by molar-refractivity contribution is 6.36. The fourth-order valence-electron chi connectivity index (χ4n) is 2.13. The van der Waals surface area contributed by atoms with Crippen LogP contribution in [0.2, 0.25) is 5.02 Å². The summed E-state index contributed by atoms with van der Waals surface area (Å²) in [6.45, 7) is 3.25. The summed E-state index contributed by atoms with van der Waals surface area (Å²) >= 11 is 6.09. The number of benzene rings is 1. The molecule has 1 aromatic heterocycles. The molecule has 2 aromatic rings. The Bertz CT molecular complexity index is 652. The highest BCUT2D eigenvalue weighted by Crippen LogP contribution is 2.26. The van der Waals surface area contributed by atoms with Crippen LogP contribution in [0.5, 0.6) is 0 Å². The van der Waals surface area contributed by atoms with E-state index in [0.717, 1.165) is 5.39 Å². The van der Waals surface area contributed by atoms with Crippen LogP contribution in [0.15, 0.2) is 30.5 Å². The van der Waals surface area contributed by atoms with Gasteiger partial charge in [-0.1, -0.05) is 18.5 Å². The number of carbonyl (C=O) groups is 2. The predicted molar refractivity (Wildman–Crippen MR) is 75.5 cm³/mol. The van der Waals surface area contributed by atoms with Gasteiger partial charge < -0.3 is 4.79 Å². The van der Waals surface area contributed by atoms with Crippen LogP contribution in [-0.4, -0.2) is 16.6 Å². The van der Waals surface area contributed by atoms with Gasteiger partial charge in [-0.05, 0) is 31.2 Å². The molecule has 1 unspecified atom stereocenters. The van der Waals surface area contributed by atoms with Crippen LogP contribution >= 0.6 is 11.6 Å².